The number of nitrogens with zero attached hydrogens (tertiary/aromatic N) is 2. The van der Waals surface area contributed by atoms with Crippen molar-refractivity contribution < 1.29 is 0 Å². The lowest BCUT2D eigenvalue weighted by Crippen LogP contribution is -2.17. The van der Waals surface area contributed by atoms with Gasteiger partial charge in [-0.3, -0.25) is 0 Å². The highest BCUT2D eigenvalue weighted by Gasteiger charge is 2.17. The Morgan fingerprint density at radius 2 is 2.06 bits per heavy atom. The van der Waals surface area contributed by atoms with Gasteiger partial charge in [0.05, 0.1) is 5.56 Å². The van der Waals surface area contributed by atoms with E-state index in [1.54, 1.807) is 0 Å². The van der Waals surface area contributed by atoms with Crippen LogP contribution in [0.5, 0.6) is 0 Å². The molecule has 1 heterocycles. The normalized spacial score (nSPS) is 16.1. The van der Waals surface area contributed by atoms with Crippen LogP contribution in [0.1, 0.15) is 42.5 Å². The van der Waals surface area contributed by atoms with Crippen LogP contribution in [0.25, 0.3) is 0 Å². The maximum absolute atomic E-state index is 9.13. The second kappa shape index (κ2) is 4.52. The van der Waals surface area contributed by atoms with Gasteiger partial charge in [0.25, 0.3) is 0 Å². The lowest BCUT2D eigenvalue weighted by Gasteiger charge is -2.15. The summed E-state index contributed by atoms with van der Waals surface area (Å²) >= 11 is 0. The molecule has 0 aromatic carbocycles. The Labute approximate surface area is 96.5 Å². The molecule has 1 aromatic rings. The van der Waals surface area contributed by atoms with E-state index in [1.165, 1.54) is 25.7 Å². The fourth-order valence-corrected chi connectivity index (χ4v) is 2.35. The van der Waals surface area contributed by atoms with Crippen molar-refractivity contribution in [1.82, 2.24) is 4.98 Å². The van der Waals surface area contributed by atoms with Gasteiger partial charge < -0.3 is 5.32 Å². The van der Waals surface area contributed by atoms with Crippen LogP contribution in [0.4, 0.5) is 5.82 Å². The van der Waals surface area contributed by atoms with Crippen LogP contribution >= 0.6 is 0 Å². The molecule has 84 valence electrons. The van der Waals surface area contributed by atoms with Gasteiger partial charge in [-0.05, 0) is 38.3 Å². The van der Waals surface area contributed by atoms with Crippen molar-refractivity contribution in [2.24, 2.45) is 0 Å². The lowest BCUT2D eigenvalue weighted by molar-refractivity contribution is 0.749. The van der Waals surface area contributed by atoms with Gasteiger partial charge in [-0.25, -0.2) is 4.98 Å². The van der Waals surface area contributed by atoms with Crippen molar-refractivity contribution >= 4 is 5.82 Å². The fraction of sp³-hybridized carbons (Fsp3) is 0.538. The van der Waals surface area contributed by atoms with E-state index in [0.29, 0.717) is 11.6 Å². The zero-order valence-corrected chi connectivity index (χ0v) is 9.88. The van der Waals surface area contributed by atoms with Gasteiger partial charge in [-0.15, -0.1) is 0 Å². The van der Waals surface area contributed by atoms with E-state index in [9.17, 15) is 0 Å². The highest BCUT2D eigenvalue weighted by Crippen LogP contribution is 2.24. The van der Waals surface area contributed by atoms with Gasteiger partial charge in [0, 0.05) is 11.7 Å². The summed E-state index contributed by atoms with van der Waals surface area (Å²) < 4.78 is 0. The average molecular weight is 215 g/mol. The molecule has 1 fully saturated rings. The standard InChI is InChI=1S/C13H17N3/c1-9-7-10(2)15-13(12(9)8-14)16-11-5-3-4-6-11/h7,11H,3-6H2,1-2H3,(H,15,16). The van der Waals surface area contributed by atoms with Crippen molar-refractivity contribution in [3.63, 3.8) is 0 Å². The number of nitrogens with one attached hydrogen (secondary N) is 1. The number of rotatable bonds is 2. The highest BCUT2D eigenvalue weighted by molar-refractivity contribution is 5.56. The fourth-order valence-electron chi connectivity index (χ4n) is 2.35. The molecule has 3 nitrogen and oxygen atoms in total. The molecular weight excluding hydrogens is 198 g/mol. The number of hydrogen-bond donors (Lipinski definition) is 1. The summed E-state index contributed by atoms with van der Waals surface area (Å²) in [6.45, 7) is 3.93. The molecule has 0 atom stereocenters. The highest BCUT2D eigenvalue weighted by atomic mass is 15.0. The number of aromatic nitrogens is 1. The summed E-state index contributed by atoms with van der Waals surface area (Å²) in [5.41, 5.74) is 2.67. The molecule has 0 unspecified atom stereocenters. The molecule has 1 saturated carbocycles. The third kappa shape index (κ3) is 2.16. The summed E-state index contributed by atoms with van der Waals surface area (Å²) in [4.78, 5) is 4.43. The number of pyridine rings is 1. The van der Waals surface area contributed by atoms with Gasteiger partial charge in [-0.1, -0.05) is 12.8 Å². The summed E-state index contributed by atoms with van der Waals surface area (Å²) in [5, 5.41) is 12.5. The van der Waals surface area contributed by atoms with Gasteiger partial charge in [0.1, 0.15) is 11.9 Å². The van der Waals surface area contributed by atoms with Crippen LogP contribution in [-0.2, 0) is 0 Å². The van der Waals surface area contributed by atoms with E-state index in [0.717, 1.165) is 17.1 Å². The Morgan fingerprint density at radius 3 is 2.69 bits per heavy atom. The first kappa shape index (κ1) is 10.9. The van der Waals surface area contributed by atoms with Gasteiger partial charge in [-0.2, -0.15) is 5.26 Å². The van der Waals surface area contributed by atoms with Crippen LogP contribution in [0.15, 0.2) is 6.07 Å². The molecule has 0 saturated heterocycles. The van der Waals surface area contributed by atoms with Crippen LogP contribution in [0.3, 0.4) is 0 Å². The third-order valence-corrected chi connectivity index (χ3v) is 3.15. The molecule has 0 radical (unpaired) electrons. The molecular formula is C13H17N3. The first-order valence-electron chi connectivity index (χ1n) is 5.85. The topological polar surface area (TPSA) is 48.7 Å². The molecule has 16 heavy (non-hydrogen) atoms. The van der Waals surface area contributed by atoms with E-state index in [2.05, 4.69) is 16.4 Å². The second-order valence-electron chi connectivity index (χ2n) is 4.54. The van der Waals surface area contributed by atoms with Crippen molar-refractivity contribution in [1.29, 1.82) is 5.26 Å². The third-order valence-electron chi connectivity index (χ3n) is 3.15. The van der Waals surface area contributed by atoms with E-state index >= 15 is 0 Å². The quantitative estimate of drug-likeness (QED) is 0.825. The monoisotopic (exact) mass is 215 g/mol. The Bertz CT molecular complexity index is 426. The molecule has 2 rings (SSSR count). The molecule has 1 N–H and O–H groups in total. The van der Waals surface area contributed by atoms with Gasteiger partial charge in [0.15, 0.2) is 0 Å². The minimum Gasteiger partial charge on any atom is -0.366 e. The molecule has 3 heteroatoms. The average Bonchev–Trinajstić information content (AvgIpc) is 2.70. The Balaban J connectivity index is 2.28. The molecule has 0 spiro atoms. The molecule has 1 aromatic heterocycles. The SMILES string of the molecule is Cc1cc(C)c(C#N)c(NC2CCCC2)n1. The zero-order chi connectivity index (χ0) is 11.5. The summed E-state index contributed by atoms with van der Waals surface area (Å²) in [6, 6.07) is 4.70. The maximum Gasteiger partial charge on any atom is 0.144 e. The van der Waals surface area contributed by atoms with E-state index in [4.69, 9.17) is 5.26 Å². The van der Waals surface area contributed by atoms with Gasteiger partial charge >= 0.3 is 0 Å². The minimum absolute atomic E-state index is 0.501. The van der Waals surface area contributed by atoms with E-state index in [1.807, 2.05) is 19.9 Å². The summed E-state index contributed by atoms with van der Waals surface area (Å²) in [6.07, 6.45) is 4.95. The maximum atomic E-state index is 9.13. The van der Waals surface area contributed by atoms with Crippen molar-refractivity contribution in [2.45, 2.75) is 45.6 Å². The van der Waals surface area contributed by atoms with Crippen LogP contribution in [-0.4, -0.2) is 11.0 Å². The van der Waals surface area contributed by atoms with Crippen molar-refractivity contribution in [3.05, 3.63) is 22.9 Å². The number of nitriles is 1. The molecule has 0 amide bonds. The smallest absolute Gasteiger partial charge is 0.144 e. The minimum atomic E-state index is 0.501. The van der Waals surface area contributed by atoms with Crippen molar-refractivity contribution in [2.75, 3.05) is 5.32 Å². The van der Waals surface area contributed by atoms with Crippen LogP contribution < -0.4 is 5.32 Å². The zero-order valence-electron chi connectivity index (χ0n) is 9.88. The predicted molar refractivity (Wildman–Crippen MR) is 64.3 cm³/mol. The van der Waals surface area contributed by atoms with Crippen molar-refractivity contribution in [3.8, 4) is 6.07 Å². The summed E-state index contributed by atoms with van der Waals surface area (Å²) in [5.74, 6) is 0.770. The number of hydrogen-bond acceptors (Lipinski definition) is 3. The Morgan fingerprint density at radius 1 is 1.38 bits per heavy atom. The lowest BCUT2D eigenvalue weighted by atomic mass is 10.1. The molecule has 1 aliphatic rings. The number of anilines is 1. The predicted octanol–water partition coefficient (Wildman–Crippen LogP) is 2.92. The summed E-state index contributed by atoms with van der Waals surface area (Å²) in [7, 11) is 0. The van der Waals surface area contributed by atoms with E-state index in [-0.39, 0.29) is 0 Å². The first-order valence-corrected chi connectivity index (χ1v) is 5.85. The van der Waals surface area contributed by atoms with Crippen LogP contribution in [0.2, 0.25) is 0 Å². The number of aryl methyl sites for hydroxylation is 2. The molecule has 0 bridgehead atoms. The van der Waals surface area contributed by atoms with Crippen LogP contribution in [0, 0.1) is 25.2 Å². The van der Waals surface area contributed by atoms with E-state index < -0.39 is 0 Å². The largest absolute Gasteiger partial charge is 0.366 e. The van der Waals surface area contributed by atoms with Gasteiger partial charge in [0.2, 0.25) is 0 Å². The second-order valence-corrected chi connectivity index (χ2v) is 4.54. The molecule has 0 aliphatic heterocycles. The Hall–Kier alpha value is -1.56. The Kier molecular flexibility index (Phi) is 3.09. The molecule has 1 aliphatic carbocycles. The first-order chi connectivity index (χ1) is 7.70.